The van der Waals surface area contributed by atoms with Crippen molar-refractivity contribution in [3.63, 3.8) is 0 Å². The number of halogens is 2. The van der Waals surface area contributed by atoms with Crippen molar-refractivity contribution in [3.05, 3.63) is 35.1 Å². The van der Waals surface area contributed by atoms with Crippen LogP contribution >= 0.6 is 0 Å². The quantitative estimate of drug-likeness (QED) is 0.767. The maximum atomic E-state index is 12.8. The van der Waals surface area contributed by atoms with Crippen LogP contribution in [0.25, 0.3) is 0 Å². The van der Waals surface area contributed by atoms with Crippen molar-refractivity contribution in [2.45, 2.75) is 12.8 Å². The maximum absolute atomic E-state index is 12.8. The van der Waals surface area contributed by atoms with Crippen LogP contribution < -0.4 is 5.73 Å². The molecule has 0 saturated carbocycles. The summed E-state index contributed by atoms with van der Waals surface area (Å²) in [7, 11) is 0. The summed E-state index contributed by atoms with van der Waals surface area (Å²) < 4.78 is 25.2. The second-order valence-corrected chi connectivity index (χ2v) is 3.10. The first-order chi connectivity index (χ1) is 6.19. The van der Waals surface area contributed by atoms with E-state index in [9.17, 15) is 8.78 Å². The summed E-state index contributed by atoms with van der Waals surface area (Å²) in [5.41, 5.74) is 6.67. The predicted octanol–water partition coefficient (Wildman–Crippen LogP) is 2.15. The van der Waals surface area contributed by atoms with E-state index in [4.69, 9.17) is 5.73 Å². The summed E-state index contributed by atoms with van der Waals surface area (Å²) in [5.74, 6) is -0.572. The summed E-state index contributed by atoms with van der Waals surface area (Å²) in [4.78, 5) is 0. The van der Waals surface area contributed by atoms with Gasteiger partial charge in [-0.05, 0) is 24.1 Å². The van der Waals surface area contributed by atoms with Gasteiger partial charge in [-0.25, -0.2) is 4.39 Å². The van der Waals surface area contributed by atoms with Crippen molar-refractivity contribution < 1.29 is 8.78 Å². The zero-order valence-electron chi connectivity index (χ0n) is 7.56. The van der Waals surface area contributed by atoms with Gasteiger partial charge in [0.15, 0.2) is 0 Å². The van der Waals surface area contributed by atoms with E-state index >= 15 is 0 Å². The third-order valence-corrected chi connectivity index (χ3v) is 2.12. The molecule has 1 aromatic rings. The number of hydrogen-bond donors (Lipinski definition) is 1. The molecule has 1 nitrogen and oxygen atoms in total. The molecule has 1 rings (SSSR count). The van der Waals surface area contributed by atoms with Crippen LogP contribution in [0, 0.1) is 12.7 Å². The minimum Gasteiger partial charge on any atom is -0.330 e. The number of hydrogen-bond acceptors (Lipinski definition) is 1. The first-order valence-corrected chi connectivity index (χ1v) is 4.21. The van der Waals surface area contributed by atoms with Gasteiger partial charge in [0.1, 0.15) is 5.82 Å². The normalized spacial score (nSPS) is 12.9. The largest absolute Gasteiger partial charge is 0.330 e. The number of aryl methyl sites for hydroxylation is 1. The summed E-state index contributed by atoms with van der Waals surface area (Å²) in [6, 6.07) is 4.58. The van der Waals surface area contributed by atoms with Gasteiger partial charge in [0.2, 0.25) is 0 Å². The van der Waals surface area contributed by atoms with Crippen LogP contribution in [0.3, 0.4) is 0 Å². The van der Waals surface area contributed by atoms with E-state index in [1.165, 1.54) is 6.07 Å². The van der Waals surface area contributed by atoms with Crippen molar-refractivity contribution in [2.75, 3.05) is 13.2 Å². The number of rotatable bonds is 3. The molecule has 0 aromatic heterocycles. The molecular formula is C10H13F2N. The number of nitrogens with two attached hydrogens (primary N) is 1. The van der Waals surface area contributed by atoms with Gasteiger partial charge < -0.3 is 5.73 Å². The van der Waals surface area contributed by atoms with Crippen molar-refractivity contribution in [2.24, 2.45) is 5.73 Å². The van der Waals surface area contributed by atoms with Gasteiger partial charge in [-0.15, -0.1) is 0 Å². The number of benzene rings is 1. The summed E-state index contributed by atoms with van der Waals surface area (Å²) in [6.07, 6.45) is 0. The fourth-order valence-corrected chi connectivity index (χ4v) is 1.21. The molecule has 0 fully saturated rings. The highest BCUT2D eigenvalue weighted by Gasteiger charge is 2.10. The second-order valence-electron chi connectivity index (χ2n) is 3.10. The highest BCUT2D eigenvalue weighted by atomic mass is 19.1. The Morgan fingerprint density at radius 1 is 1.46 bits per heavy atom. The molecule has 0 bridgehead atoms. The van der Waals surface area contributed by atoms with E-state index < -0.39 is 6.67 Å². The average Bonchev–Trinajstić information content (AvgIpc) is 2.13. The van der Waals surface area contributed by atoms with Gasteiger partial charge in [0, 0.05) is 12.5 Å². The molecule has 0 radical (unpaired) electrons. The first-order valence-electron chi connectivity index (χ1n) is 4.21. The third kappa shape index (κ3) is 2.25. The summed E-state index contributed by atoms with van der Waals surface area (Å²) in [6.45, 7) is 1.41. The van der Waals surface area contributed by atoms with Crippen molar-refractivity contribution >= 4 is 0 Å². The lowest BCUT2D eigenvalue weighted by atomic mass is 9.99. The standard InChI is InChI=1S/C10H13F2N/c1-7-4-8(2-3-10(7)12)9(5-11)6-13/h2-4,9H,5-6,13H2,1H3. The van der Waals surface area contributed by atoms with Gasteiger partial charge in [-0.1, -0.05) is 12.1 Å². The van der Waals surface area contributed by atoms with Gasteiger partial charge in [-0.2, -0.15) is 0 Å². The Hall–Kier alpha value is -0.960. The minimum absolute atomic E-state index is 0.252. The highest BCUT2D eigenvalue weighted by Crippen LogP contribution is 2.18. The Morgan fingerprint density at radius 2 is 2.15 bits per heavy atom. The molecular weight excluding hydrogens is 172 g/mol. The fourth-order valence-electron chi connectivity index (χ4n) is 1.21. The van der Waals surface area contributed by atoms with E-state index in [2.05, 4.69) is 0 Å². The molecule has 1 unspecified atom stereocenters. The molecule has 1 aromatic carbocycles. The predicted molar refractivity (Wildman–Crippen MR) is 48.9 cm³/mol. The molecule has 0 heterocycles. The zero-order chi connectivity index (χ0) is 9.84. The van der Waals surface area contributed by atoms with Crippen LogP contribution in [-0.4, -0.2) is 13.2 Å². The van der Waals surface area contributed by atoms with Crippen molar-refractivity contribution in [1.82, 2.24) is 0 Å². The maximum Gasteiger partial charge on any atom is 0.126 e. The SMILES string of the molecule is Cc1cc(C(CN)CF)ccc1F. The molecule has 0 saturated heterocycles. The van der Waals surface area contributed by atoms with Crippen LogP contribution in [0.1, 0.15) is 17.0 Å². The van der Waals surface area contributed by atoms with Crippen LogP contribution in [-0.2, 0) is 0 Å². The first kappa shape index (κ1) is 10.1. The number of alkyl halides is 1. The third-order valence-electron chi connectivity index (χ3n) is 2.12. The van der Waals surface area contributed by atoms with Crippen LogP contribution in [0.2, 0.25) is 0 Å². The van der Waals surface area contributed by atoms with Gasteiger partial charge >= 0.3 is 0 Å². The van der Waals surface area contributed by atoms with Gasteiger partial charge in [0.05, 0.1) is 6.67 Å². The fraction of sp³-hybridized carbons (Fsp3) is 0.400. The van der Waals surface area contributed by atoms with E-state index in [1.807, 2.05) is 0 Å². The summed E-state index contributed by atoms with van der Waals surface area (Å²) >= 11 is 0. The monoisotopic (exact) mass is 185 g/mol. The molecule has 0 aliphatic carbocycles. The molecule has 0 aliphatic rings. The zero-order valence-corrected chi connectivity index (χ0v) is 7.56. The lowest BCUT2D eigenvalue weighted by molar-refractivity contribution is 0.434. The summed E-state index contributed by atoms with van der Waals surface area (Å²) in [5, 5.41) is 0. The Balaban J connectivity index is 2.95. The van der Waals surface area contributed by atoms with Gasteiger partial charge in [0.25, 0.3) is 0 Å². The second kappa shape index (κ2) is 4.33. The smallest absolute Gasteiger partial charge is 0.126 e. The average molecular weight is 185 g/mol. The van der Waals surface area contributed by atoms with E-state index in [-0.39, 0.29) is 18.3 Å². The van der Waals surface area contributed by atoms with Crippen LogP contribution in [0.4, 0.5) is 8.78 Å². The highest BCUT2D eigenvalue weighted by molar-refractivity contribution is 5.27. The Kier molecular flexibility index (Phi) is 3.37. The van der Waals surface area contributed by atoms with Gasteiger partial charge in [-0.3, -0.25) is 4.39 Å². The Bertz CT molecular complexity index is 282. The minimum atomic E-state index is -0.498. The van der Waals surface area contributed by atoms with Crippen molar-refractivity contribution in [1.29, 1.82) is 0 Å². The molecule has 13 heavy (non-hydrogen) atoms. The van der Waals surface area contributed by atoms with E-state index in [0.717, 1.165) is 5.56 Å². The molecule has 72 valence electrons. The lowest BCUT2D eigenvalue weighted by Crippen LogP contribution is -2.14. The molecule has 0 spiro atoms. The van der Waals surface area contributed by atoms with Crippen LogP contribution in [0.5, 0.6) is 0 Å². The Morgan fingerprint density at radius 3 is 2.62 bits per heavy atom. The van der Waals surface area contributed by atoms with Crippen LogP contribution in [0.15, 0.2) is 18.2 Å². The lowest BCUT2D eigenvalue weighted by Gasteiger charge is -2.11. The van der Waals surface area contributed by atoms with E-state index in [1.54, 1.807) is 19.1 Å². The molecule has 3 heteroatoms. The van der Waals surface area contributed by atoms with E-state index in [0.29, 0.717) is 5.56 Å². The molecule has 1 atom stereocenters. The van der Waals surface area contributed by atoms with Crippen molar-refractivity contribution in [3.8, 4) is 0 Å². The Labute approximate surface area is 76.6 Å². The molecule has 2 N–H and O–H groups in total. The molecule has 0 aliphatic heterocycles. The topological polar surface area (TPSA) is 26.0 Å². The molecule has 0 amide bonds.